The van der Waals surface area contributed by atoms with Crippen LogP contribution in [0, 0.1) is 17.3 Å². The molecule has 1 saturated heterocycles. The first-order valence-corrected chi connectivity index (χ1v) is 7.92. The zero-order chi connectivity index (χ0) is 15.3. The molecule has 0 radical (unpaired) electrons. The number of hydrogen-bond acceptors (Lipinski definition) is 2. The van der Waals surface area contributed by atoms with Gasteiger partial charge in [-0.25, -0.2) is 4.79 Å². The van der Waals surface area contributed by atoms with Gasteiger partial charge in [-0.2, -0.15) is 0 Å². The number of hydrogen-bond donors (Lipinski definition) is 2. The van der Waals surface area contributed by atoms with Gasteiger partial charge in [0, 0.05) is 19.6 Å². The number of aliphatic hydroxyl groups is 1. The van der Waals surface area contributed by atoms with Gasteiger partial charge in [-0.15, -0.1) is 0 Å². The molecule has 2 N–H and O–H groups in total. The molecule has 1 atom stereocenters. The van der Waals surface area contributed by atoms with E-state index in [9.17, 15) is 9.90 Å². The molecule has 0 aromatic heterocycles. The van der Waals surface area contributed by atoms with Gasteiger partial charge in [-0.3, -0.25) is 0 Å². The second-order valence-electron chi connectivity index (χ2n) is 7.44. The van der Waals surface area contributed by atoms with Gasteiger partial charge in [-0.05, 0) is 43.4 Å². The van der Waals surface area contributed by atoms with Crippen LogP contribution in [0.2, 0.25) is 0 Å². The Balaban J connectivity index is 2.34. The van der Waals surface area contributed by atoms with Gasteiger partial charge in [0.25, 0.3) is 0 Å². The zero-order valence-electron chi connectivity index (χ0n) is 13.8. The fourth-order valence-electron chi connectivity index (χ4n) is 3.07. The van der Waals surface area contributed by atoms with Crippen LogP contribution >= 0.6 is 0 Å². The molecule has 0 bridgehead atoms. The topological polar surface area (TPSA) is 52.6 Å². The average molecular weight is 284 g/mol. The zero-order valence-corrected chi connectivity index (χ0v) is 13.8. The van der Waals surface area contributed by atoms with Gasteiger partial charge in [0.2, 0.25) is 0 Å². The Kier molecular flexibility index (Phi) is 6.31. The molecule has 4 nitrogen and oxygen atoms in total. The second-order valence-corrected chi connectivity index (χ2v) is 7.44. The highest BCUT2D eigenvalue weighted by Gasteiger charge is 2.26. The van der Waals surface area contributed by atoms with Crippen molar-refractivity contribution in [2.75, 3.05) is 19.6 Å². The molecule has 0 saturated carbocycles. The number of rotatable bonds is 5. The SMILES string of the molecule is CC(O)CC(C)(C)CNC(=O)N1CCC(C(C)C)CC1. The first-order valence-electron chi connectivity index (χ1n) is 7.92. The van der Waals surface area contributed by atoms with Gasteiger partial charge < -0.3 is 15.3 Å². The van der Waals surface area contributed by atoms with E-state index in [0.29, 0.717) is 18.9 Å². The van der Waals surface area contributed by atoms with E-state index in [1.807, 2.05) is 4.90 Å². The maximum absolute atomic E-state index is 12.2. The van der Waals surface area contributed by atoms with Gasteiger partial charge in [-0.1, -0.05) is 27.7 Å². The molecule has 1 fully saturated rings. The lowest BCUT2D eigenvalue weighted by molar-refractivity contribution is 0.123. The van der Waals surface area contributed by atoms with E-state index in [-0.39, 0.29) is 17.6 Å². The van der Waals surface area contributed by atoms with Crippen LogP contribution < -0.4 is 5.32 Å². The number of amides is 2. The van der Waals surface area contributed by atoms with Crippen molar-refractivity contribution in [3.8, 4) is 0 Å². The van der Waals surface area contributed by atoms with Gasteiger partial charge in [0.15, 0.2) is 0 Å². The van der Waals surface area contributed by atoms with Gasteiger partial charge in [0.1, 0.15) is 0 Å². The van der Waals surface area contributed by atoms with Crippen molar-refractivity contribution < 1.29 is 9.90 Å². The van der Waals surface area contributed by atoms with E-state index in [1.54, 1.807) is 6.92 Å². The van der Waals surface area contributed by atoms with Gasteiger partial charge >= 0.3 is 6.03 Å². The molecule has 0 aromatic rings. The molecule has 1 rings (SSSR count). The van der Waals surface area contributed by atoms with Crippen molar-refractivity contribution in [3.63, 3.8) is 0 Å². The maximum atomic E-state index is 12.2. The minimum absolute atomic E-state index is 0.0471. The summed E-state index contributed by atoms with van der Waals surface area (Å²) in [7, 11) is 0. The van der Waals surface area contributed by atoms with E-state index in [1.165, 1.54) is 0 Å². The molecular formula is C16H32N2O2. The minimum atomic E-state index is -0.330. The summed E-state index contributed by atoms with van der Waals surface area (Å²) in [6.07, 6.45) is 2.59. The summed E-state index contributed by atoms with van der Waals surface area (Å²) in [6.45, 7) is 12.8. The van der Waals surface area contributed by atoms with E-state index < -0.39 is 0 Å². The smallest absolute Gasteiger partial charge is 0.317 e. The number of nitrogens with zero attached hydrogens (tertiary/aromatic N) is 1. The van der Waals surface area contributed by atoms with Crippen molar-refractivity contribution in [2.45, 2.75) is 60.0 Å². The summed E-state index contributed by atoms with van der Waals surface area (Å²) in [4.78, 5) is 14.1. The van der Waals surface area contributed by atoms with Crippen molar-refractivity contribution >= 4 is 6.03 Å². The summed E-state index contributed by atoms with van der Waals surface area (Å²) < 4.78 is 0. The molecule has 0 spiro atoms. The van der Waals surface area contributed by atoms with Crippen LogP contribution in [0.1, 0.15) is 53.9 Å². The highest BCUT2D eigenvalue weighted by Crippen LogP contribution is 2.25. The molecule has 2 amide bonds. The maximum Gasteiger partial charge on any atom is 0.317 e. The standard InChI is InChI=1S/C16H32N2O2/c1-12(2)14-6-8-18(9-7-14)15(20)17-11-16(4,5)10-13(3)19/h12-14,19H,6-11H2,1-5H3,(H,17,20). The molecule has 0 aliphatic carbocycles. The fraction of sp³-hybridized carbons (Fsp3) is 0.938. The molecule has 4 heteroatoms. The third-order valence-electron chi connectivity index (χ3n) is 4.34. The Bertz CT molecular complexity index is 306. The van der Waals surface area contributed by atoms with Crippen molar-refractivity contribution in [1.82, 2.24) is 10.2 Å². The molecule has 1 aliphatic rings. The van der Waals surface area contributed by atoms with E-state index in [2.05, 4.69) is 33.0 Å². The Morgan fingerprint density at radius 1 is 1.30 bits per heavy atom. The monoisotopic (exact) mass is 284 g/mol. The summed E-state index contributed by atoms with van der Waals surface area (Å²) in [5.41, 5.74) is -0.0694. The molecule has 20 heavy (non-hydrogen) atoms. The minimum Gasteiger partial charge on any atom is -0.393 e. The van der Waals surface area contributed by atoms with Crippen LogP contribution in [0.25, 0.3) is 0 Å². The Morgan fingerprint density at radius 2 is 1.85 bits per heavy atom. The number of nitrogens with one attached hydrogen (secondary N) is 1. The predicted octanol–water partition coefficient (Wildman–Crippen LogP) is 2.86. The van der Waals surface area contributed by atoms with E-state index >= 15 is 0 Å². The summed E-state index contributed by atoms with van der Waals surface area (Å²) >= 11 is 0. The van der Waals surface area contributed by atoms with Crippen LogP contribution in [-0.2, 0) is 0 Å². The average Bonchev–Trinajstić information content (AvgIpc) is 2.34. The Hall–Kier alpha value is -0.770. The molecule has 118 valence electrons. The van der Waals surface area contributed by atoms with Gasteiger partial charge in [0.05, 0.1) is 6.10 Å². The lowest BCUT2D eigenvalue weighted by atomic mass is 9.86. The Morgan fingerprint density at radius 3 is 2.30 bits per heavy atom. The number of aliphatic hydroxyl groups excluding tert-OH is 1. The first kappa shape index (κ1) is 17.3. The molecule has 1 unspecified atom stereocenters. The lowest BCUT2D eigenvalue weighted by Crippen LogP contribution is -2.47. The Labute approximate surface area is 123 Å². The summed E-state index contributed by atoms with van der Waals surface area (Å²) in [5, 5.41) is 12.5. The number of carbonyl (C=O) groups is 1. The highest BCUT2D eigenvalue weighted by molar-refractivity contribution is 5.74. The van der Waals surface area contributed by atoms with Crippen LogP contribution in [0.15, 0.2) is 0 Å². The van der Waals surface area contributed by atoms with Crippen molar-refractivity contribution in [1.29, 1.82) is 0 Å². The quantitative estimate of drug-likeness (QED) is 0.815. The number of piperidine rings is 1. The van der Waals surface area contributed by atoms with Crippen molar-refractivity contribution in [3.05, 3.63) is 0 Å². The van der Waals surface area contributed by atoms with Crippen LogP contribution in [0.5, 0.6) is 0 Å². The molecule has 1 heterocycles. The summed E-state index contributed by atoms with van der Waals surface area (Å²) in [6, 6.07) is 0.0471. The highest BCUT2D eigenvalue weighted by atomic mass is 16.3. The van der Waals surface area contributed by atoms with Crippen molar-refractivity contribution in [2.24, 2.45) is 17.3 Å². The summed E-state index contributed by atoms with van der Waals surface area (Å²) in [5.74, 6) is 1.47. The number of carbonyl (C=O) groups excluding carboxylic acids is 1. The third kappa shape index (κ3) is 5.70. The third-order valence-corrected chi connectivity index (χ3v) is 4.34. The van der Waals surface area contributed by atoms with E-state index in [4.69, 9.17) is 0 Å². The molecule has 0 aromatic carbocycles. The molecule has 1 aliphatic heterocycles. The first-order chi connectivity index (χ1) is 9.21. The molecular weight excluding hydrogens is 252 g/mol. The van der Waals surface area contributed by atoms with Crippen LogP contribution in [0.4, 0.5) is 4.79 Å². The fourth-order valence-corrected chi connectivity index (χ4v) is 3.07. The number of urea groups is 1. The predicted molar refractivity (Wildman–Crippen MR) is 82.6 cm³/mol. The second kappa shape index (κ2) is 7.30. The van der Waals surface area contributed by atoms with Crippen LogP contribution in [0.3, 0.4) is 0 Å². The normalized spacial score (nSPS) is 19.2. The van der Waals surface area contributed by atoms with Crippen LogP contribution in [-0.4, -0.2) is 41.8 Å². The van der Waals surface area contributed by atoms with E-state index in [0.717, 1.165) is 31.8 Å². The lowest BCUT2D eigenvalue weighted by Gasteiger charge is -2.35. The number of likely N-dealkylation sites (tertiary alicyclic amines) is 1. The largest absolute Gasteiger partial charge is 0.393 e.